The second kappa shape index (κ2) is 8.49. The van der Waals surface area contributed by atoms with Gasteiger partial charge in [-0.05, 0) is 44.0 Å². The number of amides is 1. The number of aryl methyl sites for hydroxylation is 1. The van der Waals surface area contributed by atoms with Crippen molar-refractivity contribution >= 4 is 16.9 Å². The number of hydrogen-bond donors (Lipinski definition) is 0. The number of carbonyl (C=O) groups is 1. The fourth-order valence-corrected chi connectivity index (χ4v) is 4.54. The Hall–Kier alpha value is -3.61. The van der Waals surface area contributed by atoms with Crippen molar-refractivity contribution in [2.75, 3.05) is 19.7 Å². The Labute approximate surface area is 187 Å². The predicted molar refractivity (Wildman–Crippen MR) is 123 cm³/mol. The number of likely N-dealkylation sites (tertiary alicyclic amines) is 1. The minimum absolute atomic E-state index is 0.0656. The van der Waals surface area contributed by atoms with Crippen molar-refractivity contribution in [3.8, 4) is 11.6 Å². The third-order valence-corrected chi connectivity index (χ3v) is 6.08. The standard InChI is InChI=1S/C25H27N5O2/c1-3-32-23-16-21(27-30(23)19-11-5-4-6-12-19)25(31)29-15-9-10-18(17-29)24-26-20-13-7-8-14-22(20)28(24)2/h4-8,11-14,16,18H,3,9-10,15,17H2,1-2H3. The molecule has 3 heterocycles. The van der Waals surface area contributed by atoms with E-state index in [4.69, 9.17) is 9.72 Å². The molecular formula is C25H27N5O2. The molecule has 2 aromatic heterocycles. The molecule has 7 heteroatoms. The van der Waals surface area contributed by atoms with E-state index >= 15 is 0 Å². The summed E-state index contributed by atoms with van der Waals surface area (Å²) >= 11 is 0. The number of fused-ring (bicyclic) bond motifs is 1. The lowest BCUT2D eigenvalue weighted by atomic mass is 9.97. The first-order chi connectivity index (χ1) is 15.7. The molecule has 0 N–H and O–H groups in total. The van der Waals surface area contributed by atoms with Gasteiger partial charge in [0.25, 0.3) is 5.91 Å². The Morgan fingerprint density at radius 3 is 2.69 bits per heavy atom. The van der Waals surface area contributed by atoms with Gasteiger partial charge in [-0.2, -0.15) is 5.10 Å². The summed E-state index contributed by atoms with van der Waals surface area (Å²) < 4.78 is 9.62. The molecule has 1 aliphatic heterocycles. The van der Waals surface area contributed by atoms with Crippen LogP contribution < -0.4 is 4.74 Å². The summed E-state index contributed by atoms with van der Waals surface area (Å²) in [5.41, 5.74) is 3.39. The van der Waals surface area contributed by atoms with Gasteiger partial charge in [0, 0.05) is 32.1 Å². The molecule has 4 aromatic rings. The van der Waals surface area contributed by atoms with E-state index in [9.17, 15) is 4.79 Å². The van der Waals surface area contributed by atoms with Crippen LogP contribution in [-0.2, 0) is 7.05 Å². The van der Waals surface area contributed by atoms with Crippen molar-refractivity contribution in [1.29, 1.82) is 0 Å². The number of ether oxygens (including phenoxy) is 1. The van der Waals surface area contributed by atoms with Gasteiger partial charge in [-0.3, -0.25) is 4.79 Å². The molecule has 1 amide bonds. The molecule has 32 heavy (non-hydrogen) atoms. The first kappa shape index (κ1) is 20.3. The van der Waals surface area contributed by atoms with Crippen molar-refractivity contribution in [2.45, 2.75) is 25.7 Å². The highest BCUT2D eigenvalue weighted by molar-refractivity contribution is 5.93. The van der Waals surface area contributed by atoms with Crippen molar-refractivity contribution in [2.24, 2.45) is 7.05 Å². The van der Waals surface area contributed by atoms with Gasteiger partial charge in [0.15, 0.2) is 5.69 Å². The molecule has 1 saturated heterocycles. The summed E-state index contributed by atoms with van der Waals surface area (Å²) in [7, 11) is 2.06. The quantitative estimate of drug-likeness (QED) is 0.477. The van der Waals surface area contributed by atoms with Crippen LogP contribution in [0.25, 0.3) is 16.7 Å². The van der Waals surface area contributed by atoms with Gasteiger partial charge in [0.1, 0.15) is 5.82 Å². The van der Waals surface area contributed by atoms with Crippen LogP contribution in [0.5, 0.6) is 5.88 Å². The first-order valence-electron chi connectivity index (χ1n) is 11.1. The van der Waals surface area contributed by atoms with Gasteiger partial charge >= 0.3 is 0 Å². The van der Waals surface area contributed by atoms with Crippen LogP contribution in [0.3, 0.4) is 0 Å². The molecule has 1 aliphatic rings. The summed E-state index contributed by atoms with van der Waals surface area (Å²) in [6, 6.07) is 19.7. The summed E-state index contributed by atoms with van der Waals surface area (Å²) in [5, 5.41) is 4.60. The van der Waals surface area contributed by atoms with Gasteiger partial charge in [-0.25, -0.2) is 9.67 Å². The number of para-hydroxylation sites is 3. The zero-order valence-electron chi connectivity index (χ0n) is 18.4. The molecule has 164 valence electrons. The number of nitrogens with zero attached hydrogens (tertiary/aromatic N) is 5. The number of rotatable bonds is 5. The Bertz CT molecular complexity index is 1240. The number of hydrogen-bond acceptors (Lipinski definition) is 4. The fourth-order valence-electron chi connectivity index (χ4n) is 4.54. The molecule has 7 nitrogen and oxygen atoms in total. The predicted octanol–water partition coefficient (Wildman–Crippen LogP) is 4.18. The second-order valence-corrected chi connectivity index (χ2v) is 8.16. The molecule has 0 bridgehead atoms. The molecule has 0 spiro atoms. The van der Waals surface area contributed by atoms with Gasteiger partial charge < -0.3 is 14.2 Å². The summed E-state index contributed by atoms with van der Waals surface area (Å²) in [5.74, 6) is 1.75. The Morgan fingerprint density at radius 1 is 1.12 bits per heavy atom. The maximum atomic E-state index is 13.4. The van der Waals surface area contributed by atoms with Crippen LogP contribution in [0.1, 0.15) is 42.0 Å². The number of aromatic nitrogens is 4. The number of piperidine rings is 1. The van der Waals surface area contributed by atoms with Crippen LogP contribution in [0, 0.1) is 0 Å². The van der Waals surface area contributed by atoms with Crippen LogP contribution in [-0.4, -0.2) is 49.8 Å². The largest absolute Gasteiger partial charge is 0.478 e. The smallest absolute Gasteiger partial charge is 0.274 e. The molecule has 1 fully saturated rings. The molecule has 5 rings (SSSR count). The summed E-state index contributed by atoms with van der Waals surface area (Å²) in [4.78, 5) is 20.2. The van der Waals surface area contributed by atoms with E-state index in [0.717, 1.165) is 41.9 Å². The molecule has 1 unspecified atom stereocenters. The second-order valence-electron chi connectivity index (χ2n) is 8.16. The maximum Gasteiger partial charge on any atom is 0.274 e. The van der Waals surface area contributed by atoms with Crippen molar-refractivity contribution in [3.05, 3.63) is 72.2 Å². The highest BCUT2D eigenvalue weighted by Crippen LogP contribution is 2.30. The van der Waals surface area contributed by atoms with Crippen LogP contribution in [0.2, 0.25) is 0 Å². The minimum Gasteiger partial charge on any atom is -0.478 e. The van der Waals surface area contributed by atoms with Crippen LogP contribution in [0.4, 0.5) is 0 Å². The van der Waals surface area contributed by atoms with Crippen molar-refractivity contribution < 1.29 is 9.53 Å². The Balaban J connectivity index is 1.41. The highest BCUT2D eigenvalue weighted by Gasteiger charge is 2.30. The third-order valence-electron chi connectivity index (χ3n) is 6.08. The van der Waals surface area contributed by atoms with Crippen LogP contribution >= 0.6 is 0 Å². The minimum atomic E-state index is -0.0656. The van der Waals surface area contributed by atoms with E-state index < -0.39 is 0 Å². The van der Waals surface area contributed by atoms with E-state index in [1.807, 2.05) is 60.4 Å². The lowest BCUT2D eigenvalue weighted by Crippen LogP contribution is -2.40. The highest BCUT2D eigenvalue weighted by atomic mass is 16.5. The normalized spacial score (nSPS) is 16.4. The molecule has 0 aliphatic carbocycles. The monoisotopic (exact) mass is 429 g/mol. The number of imidazole rings is 1. The van der Waals surface area contributed by atoms with Gasteiger partial charge in [0.05, 0.1) is 23.3 Å². The van der Waals surface area contributed by atoms with E-state index in [2.05, 4.69) is 22.8 Å². The summed E-state index contributed by atoms with van der Waals surface area (Å²) in [6.07, 6.45) is 1.96. The van der Waals surface area contributed by atoms with E-state index in [1.165, 1.54) is 0 Å². The molecule has 0 saturated carbocycles. The van der Waals surface area contributed by atoms with E-state index in [0.29, 0.717) is 24.7 Å². The number of carbonyl (C=O) groups excluding carboxylic acids is 1. The topological polar surface area (TPSA) is 65.2 Å². The van der Waals surface area contributed by atoms with E-state index in [1.54, 1.807) is 10.7 Å². The third kappa shape index (κ3) is 3.64. The SMILES string of the molecule is CCOc1cc(C(=O)N2CCCC(c3nc4ccccc4n3C)C2)nn1-c1ccccc1. The molecule has 1 atom stereocenters. The average Bonchev–Trinajstić information content (AvgIpc) is 3.41. The lowest BCUT2D eigenvalue weighted by Gasteiger charge is -2.32. The Kier molecular flexibility index (Phi) is 5.39. The zero-order chi connectivity index (χ0) is 22.1. The molecule has 0 radical (unpaired) electrons. The average molecular weight is 430 g/mol. The fraction of sp³-hybridized carbons (Fsp3) is 0.320. The van der Waals surface area contributed by atoms with Gasteiger partial charge in [-0.1, -0.05) is 30.3 Å². The first-order valence-corrected chi connectivity index (χ1v) is 11.1. The van der Waals surface area contributed by atoms with Gasteiger partial charge in [-0.15, -0.1) is 0 Å². The zero-order valence-corrected chi connectivity index (χ0v) is 18.4. The Morgan fingerprint density at radius 2 is 1.91 bits per heavy atom. The maximum absolute atomic E-state index is 13.4. The van der Waals surface area contributed by atoms with E-state index in [-0.39, 0.29) is 11.8 Å². The van der Waals surface area contributed by atoms with Crippen molar-refractivity contribution in [1.82, 2.24) is 24.2 Å². The lowest BCUT2D eigenvalue weighted by molar-refractivity contribution is 0.0697. The molecule has 2 aromatic carbocycles. The van der Waals surface area contributed by atoms with Crippen LogP contribution in [0.15, 0.2) is 60.7 Å². The molecular weight excluding hydrogens is 402 g/mol. The van der Waals surface area contributed by atoms with Gasteiger partial charge in [0.2, 0.25) is 5.88 Å². The number of benzene rings is 2. The van der Waals surface area contributed by atoms with Crippen molar-refractivity contribution in [3.63, 3.8) is 0 Å². The summed E-state index contributed by atoms with van der Waals surface area (Å²) in [6.45, 7) is 3.79.